The van der Waals surface area contributed by atoms with Crippen molar-refractivity contribution in [2.24, 2.45) is 5.92 Å². The Hall–Kier alpha value is -2.92. The zero-order valence-corrected chi connectivity index (χ0v) is 23.9. The molecular weight excluding hydrogens is 530 g/mol. The second kappa shape index (κ2) is 11.8. The van der Waals surface area contributed by atoms with E-state index in [2.05, 4.69) is 9.88 Å². The number of methoxy groups -OCH3 is 1. The lowest BCUT2D eigenvalue weighted by atomic mass is 9.84. The van der Waals surface area contributed by atoms with Gasteiger partial charge in [0.15, 0.2) is 0 Å². The van der Waals surface area contributed by atoms with Crippen LogP contribution in [0, 0.1) is 24.6 Å². The molecule has 2 aromatic heterocycles. The van der Waals surface area contributed by atoms with E-state index in [-0.39, 0.29) is 28.9 Å². The van der Waals surface area contributed by atoms with Gasteiger partial charge < -0.3 is 23.5 Å². The molecule has 3 aliphatic rings. The standard InChI is InChI=1S/C31H38F2N4O4/c1-19-17-41-11-8-36(19)31(38)27-13-24(32)4-5-25(27)26-12-22(16-37-20(2)34-30(33)29(26)37)23-14-35(15-23)28(18-39-3)21-6-9-40-10-7-21/h4-5,12-13,16,19,21,23,28H,6-11,14-15,17-18H2,1-3H3/t19-,28?/m1/s1. The molecule has 0 saturated carbocycles. The van der Waals surface area contributed by atoms with Crippen molar-refractivity contribution < 1.29 is 27.8 Å². The number of ether oxygens (including phenoxy) is 3. The molecule has 1 amide bonds. The first-order valence-corrected chi connectivity index (χ1v) is 14.5. The molecule has 0 N–H and O–H groups in total. The van der Waals surface area contributed by atoms with Crippen molar-refractivity contribution in [3.05, 3.63) is 59.2 Å². The summed E-state index contributed by atoms with van der Waals surface area (Å²) in [7, 11) is 1.75. The quantitative estimate of drug-likeness (QED) is 0.424. The largest absolute Gasteiger partial charge is 0.383 e. The van der Waals surface area contributed by atoms with Crippen molar-refractivity contribution in [2.45, 2.75) is 44.7 Å². The number of carbonyl (C=O) groups excluding carboxylic acids is 1. The molecule has 3 aromatic rings. The Morgan fingerprint density at radius 1 is 1.12 bits per heavy atom. The number of fused-ring (bicyclic) bond motifs is 1. The number of pyridine rings is 1. The summed E-state index contributed by atoms with van der Waals surface area (Å²) in [6.07, 6.45) is 4.02. The summed E-state index contributed by atoms with van der Waals surface area (Å²) in [6.45, 7) is 8.89. The molecule has 0 aliphatic carbocycles. The van der Waals surface area contributed by atoms with Crippen molar-refractivity contribution in [1.82, 2.24) is 19.2 Å². The maximum atomic E-state index is 15.3. The van der Waals surface area contributed by atoms with E-state index in [1.807, 2.05) is 19.2 Å². The Kier molecular flexibility index (Phi) is 8.09. The zero-order valence-electron chi connectivity index (χ0n) is 23.9. The molecule has 41 heavy (non-hydrogen) atoms. The number of imidazole rings is 1. The second-order valence-corrected chi connectivity index (χ2v) is 11.6. The Labute approximate surface area is 239 Å². The third-order valence-electron chi connectivity index (χ3n) is 9.02. The van der Waals surface area contributed by atoms with Crippen molar-refractivity contribution in [2.75, 3.05) is 59.8 Å². The number of carbonyl (C=O) groups is 1. The molecule has 2 atom stereocenters. The third kappa shape index (κ3) is 5.38. The van der Waals surface area contributed by atoms with Crippen LogP contribution in [0.15, 0.2) is 30.5 Å². The lowest BCUT2D eigenvalue weighted by Crippen LogP contribution is -2.55. The van der Waals surface area contributed by atoms with E-state index in [0.717, 1.165) is 44.7 Å². The summed E-state index contributed by atoms with van der Waals surface area (Å²) >= 11 is 0. The van der Waals surface area contributed by atoms with Crippen LogP contribution in [0.25, 0.3) is 16.6 Å². The van der Waals surface area contributed by atoms with E-state index in [9.17, 15) is 9.18 Å². The van der Waals surface area contributed by atoms with Crippen LogP contribution in [0.3, 0.4) is 0 Å². The van der Waals surface area contributed by atoms with Crippen LogP contribution in [0.5, 0.6) is 0 Å². The maximum Gasteiger partial charge on any atom is 0.254 e. The molecule has 3 fully saturated rings. The number of hydrogen-bond acceptors (Lipinski definition) is 6. The first-order valence-electron chi connectivity index (χ1n) is 14.5. The van der Waals surface area contributed by atoms with E-state index in [1.165, 1.54) is 12.1 Å². The number of nitrogens with zero attached hydrogens (tertiary/aromatic N) is 4. The van der Waals surface area contributed by atoms with Gasteiger partial charge in [0.25, 0.3) is 5.91 Å². The van der Waals surface area contributed by atoms with Crippen LogP contribution in [0.1, 0.15) is 47.4 Å². The Morgan fingerprint density at radius 3 is 2.63 bits per heavy atom. The van der Waals surface area contributed by atoms with Gasteiger partial charge in [-0.1, -0.05) is 6.07 Å². The number of aryl methyl sites for hydroxylation is 1. The highest BCUT2D eigenvalue weighted by molar-refractivity contribution is 6.03. The van der Waals surface area contributed by atoms with Gasteiger partial charge in [0.05, 0.1) is 31.4 Å². The summed E-state index contributed by atoms with van der Waals surface area (Å²) < 4.78 is 48.4. The number of likely N-dealkylation sites (tertiary alicyclic amines) is 1. The molecule has 3 saturated heterocycles. The highest BCUT2D eigenvalue weighted by Gasteiger charge is 2.38. The molecular formula is C31H38F2N4O4. The van der Waals surface area contributed by atoms with Crippen LogP contribution < -0.4 is 0 Å². The topological polar surface area (TPSA) is 68.5 Å². The van der Waals surface area contributed by atoms with Gasteiger partial charge in [0.1, 0.15) is 17.2 Å². The van der Waals surface area contributed by atoms with Gasteiger partial charge in [-0.25, -0.2) is 9.37 Å². The van der Waals surface area contributed by atoms with Crippen LogP contribution >= 0.6 is 0 Å². The Bertz CT molecular complexity index is 1420. The second-order valence-electron chi connectivity index (χ2n) is 11.6. The van der Waals surface area contributed by atoms with Gasteiger partial charge in [-0.15, -0.1) is 0 Å². The molecule has 3 aliphatic heterocycles. The fraction of sp³-hybridized carbons (Fsp3) is 0.548. The summed E-state index contributed by atoms with van der Waals surface area (Å²) in [5.74, 6) is -0.134. The molecule has 220 valence electrons. The third-order valence-corrected chi connectivity index (χ3v) is 9.02. The number of aromatic nitrogens is 2. The van der Waals surface area contributed by atoms with E-state index in [1.54, 1.807) is 29.4 Å². The number of amides is 1. The monoisotopic (exact) mass is 568 g/mol. The van der Waals surface area contributed by atoms with Crippen LogP contribution in [-0.2, 0) is 14.2 Å². The molecule has 0 spiro atoms. The predicted octanol–water partition coefficient (Wildman–Crippen LogP) is 4.29. The molecule has 8 nitrogen and oxygen atoms in total. The number of benzene rings is 1. The van der Waals surface area contributed by atoms with Crippen molar-refractivity contribution in [3.8, 4) is 11.1 Å². The Morgan fingerprint density at radius 2 is 1.90 bits per heavy atom. The van der Waals surface area contributed by atoms with Crippen LogP contribution in [0.4, 0.5) is 8.78 Å². The number of morpholine rings is 1. The van der Waals surface area contributed by atoms with Gasteiger partial charge >= 0.3 is 0 Å². The van der Waals surface area contributed by atoms with E-state index >= 15 is 4.39 Å². The van der Waals surface area contributed by atoms with Gasteiger partial charge in [-0.3, -0.25) is 9.69 Å². The number of rotatable bonds is 7. The smallest absolute Gasteiger partial charge is 0.254 e. The minimum Gasteiger partial charge on any atom is -0.383 e. The summed E-state index contributed by atoms with van der Waals surface area (Å²) in [4.78, 5) is 22.1. The fourth-order valence-corrected chi connectivity index (χ4v) is 6.68. The van der Waals surface area contributed by atoms with E-state index in [4.69, 9.17) is 14.2 Å². The summed E-state index contributed by atoms with van der Waals surface area (Å²) in [5.41, 5.74) is 2.58. The van der Waals surface area contributed by atoms with E-state index in [0.29, 0.717) is 55.3 Å². The van der Waals surface area contributed by atoms with Gasteiger partial charge in [0.2, 0.25) is 5.95 Å². The molecule has 1 aromatic carbocycles. The lowest BCUT2D eigenvalue weighted by molar-refractivity contribution is -0.0302. The molecule has 0 bridgehead atoms. The first-order chi connectivity index (χ1) is 19.9. The van der Waals surface area contributed by atoms with Crippen molar-refractivity contribution >= 4 is 11.4 Å². The fourth-order valence-electron chi connectivity index (χ4n) is 6.68. The van der Waals surface area contributed by atoms with Gasteiger partial charge in [-0.2, -0.15) is 4.39 Å². The minimum absolute atomic E-state index is 0.149. The lowest BCUT2D eigenvalue weighted by Gasteiger charge is -2.47. The predicted molar refractivity (Wildman–Crippen MR) is 150 cm³/mol. The molecule has 0 radical (unpaired) electrons. The highest BCUT2D eigenvalue weighted by atomic mass is 19.1. The normalized spacial score (nSPS) is 21.8. The average molecular weight is 569 g/mol. The minimum atomic E-state index is -0.610. The van der Waals surface area contributed by atoms with E-state index < -0.39 is 11.8 Å². The van der Waals surface area contributed by atoms with Crippen LogP contribution in [0.2, 0.25) is 0 Å². The highest BCUT2D eigenvalue weighted by Crippen LogP contribution is 2.38. The molecule has 6 rings (SSSR count). The van der Waals surface area contributed by atoms with Gasteiger partial charge in [-0.05, 0) is 61.9 Å². The average Bonchev–Trinajstić information content (AvgIpc) is 3.24. The molecule has 1 unspecified atom stereocenters. The summed E-state index contributed by atoms with van der Waals surface area (Å²) in [5, 5.41) is 0. The number of halogens is 2. The van der Waals surface area contributed by atoms with Crippen LogP contribution in [-0.4, -0.2) is 97.0 Å². The Balaban J connectivity index is 1.36. The molecule has 5 heterocycles. The van der Waals surface area contributed by atoms with Crippen molar-refractivity contribution in [3.63, 3.8) is 0 Å². The van der Waals surface area contributed by atoms with Gasteiger partial charge in [0, 0.05) is 63.7 Å². The molecule has 10 heteroatoms. The zero-order chi connectivity index (χ0) is 28.7. The first kappa shape index (κ1) is 28.2. The van der Waals surface area contributed by atoms with Crippen molar-refractivity contribution in [1.29, 1.82) is 0 Å². The maximum absolute atomic E-state index is 15.3. The SMILES string of the molecule is COCC(C1CCOCC1)N1CC(c2cc(-c3ccc(F)cc3C(=O)N3CCOC[C@H]3C)c3c(F)nc(C)n3c2)C1. The number of hydrogen-bond donors (Lipinski definition) is 0. The summed E-state index contributed by atoms with van der Waals surface area (Å²) in [6, 6.07) is 6.32.